The maximum absolute atomic E-state index is 11.8. The van der Waals surface area contributed by atoms with E-state index in [0.29, 0.717) is 6.54 Å². The third-order valence-corrected chi connectivity index (χ3v) is 4.65. The summed E-state index contributed by atoms with van der Waals surface area (Å²) in [6.07, 6.45) is 5.33. The van der Waals surface area contributed by atoms with Crippen molar-refractivity contribution in [2.45, 2.75) is 38.6 Å². The van der Waals surface area contributed by atoms with Crippen LogP contribution in [0.2, 0.25) is 0 Å². The van der Waals surface area contributed by atoms with E-state index in [0.717, 1.165) is 59.4 Å². The zero-order valence-corrected chi connectivity index (χ0v) is 17.7. The van der Waals surface area contributed by atoms with Gasteiger partial charge in [0.1, 0.15) is 11.5 Å². The van der Waals surface area contributed by atoms with E-state index in [-0.39, 0.29) is 6.03 Å². The van der Waals surface area contributed by atoms with Crippen molar-refractivity contribution in [3.8, 4) is 0 Å². The van der Waals surface area contributed by atoms with Crippen molar-refractivity contribution in [1.82, 2.24) is 10.2 Å². The molecule has 2 aromatic rings. The van der Waals surface area contributed by atoms with Crippen LogP contribution in [-0.2, 0) is 13.0 Å². The zero-order valence-electron chi connectivity index (χ0n) is 15.6. The van der Waals surface area contributed by atoms with E-state index in [2.05, 4.69) is 50.3 Å². The minimum absolute atomic E-state index is 0.143. The van der Waals surface area contributed by atoms with Crippen LogP contribution in [0.25, 0.3) is 0 Å². The fourth-order valence-electron chi connectivity index (χ4n) is 2.64. The number of unbranched alkanes of at least 4 members (excludes halogenated alkanes) is 3. The van der Waals surface area contributed by atoms with Crippen LogP contribution in [0, 0.1) is 3.57 Å². The number of nitrogens with zero attached hydrogens (tertiary/aromatic N) is 1. The summed E-state index contributed by atoms with van der Waals surface area (Å²) in [5.74, 6) is 2.09. The van der Waals surface area contributed by atoms with Crippen LogP contribution in [0.3, 0.4) is 0 Å². The quantitative estimate of drug-likeness (QED) is 0.386. The zero-order chi connectivity index (χ0) is 18.8. The molecule has 142 valence electrons. The second kappa shape index (κ2) is 11.2. The van der Waals surface area contributed by atoms with Gasteiger partial charge in [-0.15, -0.1) is 0 Å². The summed E-state index contributed by atoms with van der Waals surface area (Å²) in [7, 11) is 4.08. The Bertz CT molecular complexity index is 668. The Hall–Kier alpha value is -1.54. The van der Waals surface area contributed by atoms with E-state index < -0.39 is 0 Å². The molecule has 1 heterocycles. The summed E-state index contributed by atoms with van der Waals surface area (Å²) < 4.78 is 6.96. The highest BCUT2D eigenvalue weighted by Crippen LogP contribution is 2.13. The van der Waals surface area contributed by atoms with Crippen molar-refractivity contribution in [1.29, 1.82) is 0 Å². The number of halogens is 1. The number of urea groups is 1. The molecule has 1 aromatic heterocycles. The van der Waals surface area contributed by atoms with Gasteiger partial charge in [-0.25, -0.2) is 4.79 Å². The lowest BCUT2D eigenvalue weighted by Gasteiger charge is -2.07. The smallest absolute Gasteiger partial charge is 0.319 e. The largest absolute Gasteiger partial charge is 0.465 e. The predicted molar refractivity (Wildman–Crippen MR) is 114 cm³/mol. The highest BCUT2D eigenvalue weighted by Gasteiger charge is 2.04. The molecule has 6 heteroatoms. The fourth-order valence-corrected chi connectivity index (χ4v) is 3.00. The van der Waals surface area contributed by atoms with Crippen molar-refractivity contribution in [2.24, 2.45) is 0 Å². The number of carbonyl (C=O) groups is 1. The molecule has 5 nitrogen and oxygen atoms in total. The van der Waals surface area contributed by atoms with E-state index in [1.807, 2.05) is 38.4 Å². The molecule has 0 aliphatic carbocycles. The van der Waals surface area contributed by atoms with Gasteiger partial charge < -0.3 is 20.0 Å². The number of carbonyl (C=O) groups excluding carboxylic acids is 1. The van der Waals surface area contributed by atoms with E-state index >= 15 is 0 Å². The molecule has 0 spiro atoms. The van der Waals surface area contributed by atoms with Crippen molar-refractivity contribution in [3.63, 3.8) is 0 Å². The molecule has 0 saturated heterocycles. The van der Waals surface area contributed by atoms with E-state index in [4.69, 9.17) is 4.42 Å². The highest BCUT2D eigenvalue weighted by atomic mass is 127. The lowest BCUT2D eigenvalue weighted by molar-refractivity contribution is 0.252. The van der Waals surface area contributed by atoms with Crippen molar-refractivity contribution in [3.05, 3.63) is 51.5 Å². The molecule has 0 radical (unpaired) electrons. The number of amides is 2. The monoisotopic (exact) mass is 469 g/mol. The third kappa shape index (κ3) is 8.23. The lowest BCUT2D eigenvalue weighted by atomic mass is 10.1. The SMILES string of the molecule is CN(C)Cc1ccc(CCCCCCNC(=O)Nc2ccc(I)cc2)o1. The van der Waals surface area contributed by atoms with Crippen LogP contribution < -0.4 is 10.6 Å². The second-order valence-electron chi connectivity index (χ2n) is 6.66. The molecule has 0 atom stereocenters. The Morgan fingerprint density at radius 3 is 2.42 bits per heavy atom. The lowest BCUT2D eigenvalue weighted by Crippen LogP contribution is -2.29. The molecule has 0 aliphatic heterocycles. The van der Waals surface area contributed by atoms with E-state index in [1.165, 1.54) is 0 Å². The van der Waals surface area contributed by atoms with Gasteiger partial charge in [-0.3, -0.25) is 0 Å². The summed E-state index contributed by atoms with van der Waals surface area (Å²) in [6.45, 7) is 1.54. The van der Waals surface area contributed by atoms with E-state index in [1.54, 1.807) is 0 Å². The Balaban J connectivity index is 1.50. The number of benzene rings is 1. The van der Waals surface area contributed by atoms with Crippen LogP contribution in [0.5, 0.6) is 0 Å². The van der Waals surface area contributed by atoms with Gasteiger partial charge in [-0.2, -0.15) is 0 Å². The maximum Gasteiger partial charge on any atom is 0.319 e. The van der Waals surface area contributed by atoms with Gasteiger partial charge in [0.15, 0.2) is 0 Å². The summed E-state index contributed by atoms with van der Waals surface area (Å²) in [5.41, 5.74) is 0.815. The van der Waals surface area contributed by atoms with Crippen molar-refractivity contribution < 1.29 is 9.21 Å². The number of aryl methyl sites for hydroxylation is 1. The minimum atomic E-state index is -0.143. The molecular weight excluding hydrogens is 441 g/mol. The average molecular weight is 469 g/mol. The number of nitrogens with one attached hydrogen (secondary N) is 2. The highest BCUT2D eigenvalue weighted by molar-refractivity contribution is 14.1. The molecule has 0 aliphatic rings. The second-order valence-corrected chi connectivity index (χ2v) is 7.90. The third-order valence-electron chi connectivity index (χ3n) is 3.93. The topological polar surface area (TPSA) is 57.5 Å². The van der Waals surface area contributed by atoms with Gasteiger partial charge in [0.2, 0.25) is 0 Å². The van der Waals surface area contributed by atoms with Crippen LogP contribution in [-0.4, -0.2) is 31.6 Å². The molecule has 1 aromatic carbocycles. The standard InChI is InChI=1S/C20H28IN3O2/c1-24(2)15-19-13-12-18(26-19)7-5-3-4-6-14-22-20(25)23-17-10-8-16(21)9-11-17/h8-13H,3-7,14-15H2,1-2H3,(H2,22,23,25). The molecular formula is C20H28IN3O2. The van der Waals surface area contributed by atoms with E-state index in [9.17, 15) is 4.79 Å². The van der Waals surface area contributed by atoms with Crippen molar-refractivity contribution >= 4 is 34.3 Å². The Morgan fingerprint density at radius 1 is 1.00 bits per heavy atom. The first kappa shape index (κ1) is 20.8. The Morgan fingerprint density at radius 2 is 1.69 bits per heavy atom. The summed E-state index contributed by atoms with van der Waals surface area (Å²) >= 11 is 2.24. The number of hydrogen-bond acceptors (Lipinski definition) is 3. The normalized spacial score (nSPS) is 10.9. The number of anilines is 1. The average Bonchev–Trinajstić information content (AvgIpc) is 3.02. The van der Waals surface area contributed by atoms with Gasteiger partial charge in [0.05, 0.1) is 6.54 Å². The summed E-state index contributed by atoms with van der Waals surface area (Å²) in [5, 5.41) is 5.74. The first-order valence-corrected chi connectivity index (χ1v) is 10.1. The summed E-state index contributed by atoms with van der Waals surface area (Å²) in [4.78, 5) is 13.9. The van der Waals surface area contributed by atoms with Gasteiger partial charge in [0.25, 0.3) is 0 Å². The van der Waals surface area contributed by atoms with Crippen LogP contribution >= 0.6 is 22.6 Å². The Labute approximate surface area is 169 Å². The molecule has 0 fully saturated rings. The minimum Gasteiger partial charge on any atom is -0.465 e. The molecule has 2 rings (SSSR count). The molecule has 0 unspecified atom stereocenters. The van der Waals surface area contributed by atoms with Gasteiger partial charge in [-0.1, -0.05) is 12.8 Å². The van der Waals surface area contributed by atoms with Crippen LogP contribution in [0.15, 0.2) is 40.8 Å². The molecule has 26 heavy (non-hydrogen) atoms. The van der Waals surface area contributed by atoms with Gasteiger partial charge >= 0.3 is 6.03 Å². The van der Waals surface area contributed by atoms with Crippen LogP contribution in [0.4, 0.5) is 10.5 Å². The summed E-state index contributed by atoms with van der Waals surface area (Å²) in [6, 6.07) is 11.7. The van der Waals surface area contributed by atoms with Crippen LogP contribution in [0.1, 0.15) is 37.2 Å². The number of hydrogen-bond donors (Lipinski definition) is 2. The number of furan rings is 1. The molecule has 0 bridgehead atoms. The fraction of sp³-hybridized carbons (Fsp3) is 0.450. The Kier molecular flexibility index (Phi) is 8.97. The maximum atomic E-state index is 11.8. The molecule has 2 amide bonds. The number of rotatable bonds is 10. The molecule has 2 N–H and O–H groups in total. The predicted octanol–water partition coefficient (Wildman–Crippen LogP) is 4.87. The molecule has 0 saturated carbocycles. The van der Waals surface area contributed by atoms with Gasteiger partial charge in [0, 0.05) is 22.2 Å². The first-order chi connectivity index (χ1) is 12.5. The van der Waals surface area contributed by atoms with Gasteiger partial charge in [-0.05, 0) is 85.9 Å². The van der Waals surface area contributed by atoms with Crippen molar-refractivity contribution in [2.75, 3.05) is 26.0 Å². The first-order valence-electron chi connectivity index (χ1n) is 9.05.